The van der Waals surface area contributed by atoms with E-state index in [0.29, 0.717) is 11.5 Å². The van der Waals surface area contributed by atoms with Crippen molar-refractivity contribution >= 4 is 16.9 Å². The molecule has 3 atom stereocenters. The van der Waals surface area contributed by atoms with Crippen molar-refractivity contribution in [2.24, 2.45) is 5.92 Å². The highest BCUT2D eigenvalue weighted by molar-refractivity contribution is 7.11. The Hall–Kier alpha value is -1.38. The second-order valence-electron chi connectivity index (χ2n) is 7.06. The van der Waals surface area contributed by atoms with Crippen LogP contribution in [0, 0.1) is 5.92 Å². The van der Waals surface area contributed by atoms with E-state index in [2.05, 4.69) is 66.2 Å². The van der Waals surface area contributed by atoms with Crippen molar-refractivity contribution in [1.82, 2.24) is 5.32 Å². The molecule has 0 spiro atoms. The first-order valence-corrected chi connectivity index (χ1v) is 9.19. The topological polar surface area (TPSA) is 12.0 Å². The highest BCUT2D eigenvalue weighted by Crippen LogP contribution is 2.41. The SMILES string of the molecule is CC12CCC(CC(C=C(c3ccccc3)c3cccs3)C1)N2. The summed E-state index contributed by atoms with van der Waals surface area (Å²) in [5, 5.41) is 6.00. The number of rotatable bonds is 3. The Kier molecular flexibility index (Phi) is 3.67. The van der Waals surface area contributed by atoms with E-state index in [1.165, 1.54) is 41.7 Å². The number of thiophene rings is 1. The lowest BCUT2D eigenvalue weighted by molar-refractivity contribution is 0.256. The molecule has 4 rings (SSSR count). The van der Waals surface area contributed by atoms with Gasteiger partial charge in [-0.25, -0.2) is 0 Å². The van der Waals surface area contributed by atoms with E-state index in [1.807, 2.05) is 11.3 Å². The van der Waals surface area contributed by atoms with Crippen LogP contribution in [0.5, 0.6) is 0 Å². The molecule has 1 N–H and O–H groups in total. The van der Waals surface area contributed by atoms with Crippen LogP contribution in [0.2, 0.25) is 0 Å². The van der Waals surface area contributed by atoms with Gasteiger partial charge < -0.3 is 5.32 Å². The molecule has 114 valence electrons. The van der Waals surface area contributed by atoms with E-state index in [9.17, 15) is 0 Å². The predicted octanol–water partition coefficient (Wildman–Crippen LogP) is 5.10. The zero-order chi connectivity index (χ0) is 15.0. The molecule has 1 nitrogen and oxygen atoms in total. The van der Waals surface area contributed by atoms with E-state index in [4.69, 9.17) is 0 Å². The van der Waals surface area contributed by atoms with Crippen molar-refractivity contribution in [2.45, 2.75) is 44.2 Å². The molecule has 2 bridgehead atoms. The molecule has 2 fully saturated rings. The van der Waals surface area contributed by atoms with Crippen molar-refractivity contribution in [3.05, 3.63) is 64.4 Å². The summed E-state index contributed by atoms with van der Waals surface area (Å²) in [7, 11) is 0. The fourth-order valence-electron chi connectivity index (χ4n) is 4.23. The molecular weight excluding hydrogens is 286 g/mol. The zero-order valence-corrected chi connectivity index (χ0v) is 13.9. The van der Waals surface area contributed by atoms with Crippen molar-refractivity contribution < 1.29 is 0 Å². The van der Waals surface area contributed by atoms with Gasteiger partial charge in [0.2, 0.25) is 0 Å². The largest absolute Gasteiger partial charge is 0.309 e. The number of allylic oxidation sites excluding steroid dienone is 1. The van der Waals surface area contributed by atoms with Gasteiger partial charge in [0.1, 0.15) is 0 Å². The molecule has 3 unspecified atom stereocenters. The fourth-order valence-corrected chi connectivity index (χ4v) is 5.00. The third kappa shape index (κ3) is 2.78. The Bertz CT molecular complexity index is 658. The van der Waals surface area contributed by atoms with Crippen LogP contribution in [0.25, 0.3) is 5.57 Å². The molecule has 0 saturated carbocycles. The summed E-state index contributed by atoms with van der Waals surface area (Å²) in [6.07, 6.45) is 7.79. The minimum atomic E-state index is 0.362. The molecule has 0 amide bonds. The second kappa shape index (κ2) is 5.68. The van der Waals surface area contributed by atoms with E-state index in [1.54, 1.807) is 0 Å². The predicted molar refractivity (Wildman–Crippen MR) is 95.1 cm³/mol. The van der Waals surface area contributed by atoms with Gasteiger partial charge >= 0.3 is 0 Å². The number of benzene rings is 1. The van der Waals surface area contributed by atoms with Gasteiger partial charge in [-0.05, 0) is 61.1 Å². The lowest BCUT2D eigenvalue weighted by atomic mass is 9.83. The van der Waals surface area contributed by atoms with Crippen molar-refractivity contribution in [1.29, 1.82) is 0 Å². The number of hydrogen-bond donors (Lipinski definition) is 1. The number of hydrogen-bond acceptors (Lipinski definition) is 2. The summed E-state index contributed by atoms with van der Waals surface area (Å²) in [5.41, 5.74) is 3.13. The fraction of sp³-hybridized carbons (Fsp3) is 0.400. The Labute approximate surface area is 137 Å². The minimum Gasteiger partial charge on any atom is -0.309 e. The second-order valence-corrected chi connectivity index (χ2v) is 8.01. The summed E-state index contributed by atoms with van der Waals surface area (Å²) in [6.45, 7) is 2.40. The first kappa shape index (κ1) is 14.2. The van der Waals surface area contributed by atoms with Crippen molar-refractivity contribution in [3.63, 3.8) is 0 Å². The van der Waals surface area contributed by atoms with Gasteiger partial charge in [-0.3, -0.25) is 0 Å². The van der Waals surface area contributed by atoms with E-state index in [0.717, 1.165) is 6.04 Å². The third-order valence-corrected chi connectivity index (χ3v) is 6.07. The molecule has 3 heterocycles. The number of nitrogens with one attached hydrogen (secondary N) is 1. The maximum absolute atomic E-state index is 3.82. The van der Waals surface area contributed by atoms with Crippen molar-refractivity contribution in [3.8, 4) is 0 Å². The lowest BCUT2D eigenvalue weighted by Crippen LogP contribution is -2.46. The Balaban J connectivity index is 1.69. The van der Waals surface area contributed by atoms with Crippen LogP contribution >= 0.6 is 11.3 Å². The van der Waals surface area contributed by atoms with Crippen molar-refractivity contribution in [2.75, 3.05) is 0 Å². The van der Waals surface area contributed by atoms with Crippen LogP contribution in [-0.2, 0) is 0 Å². The van der Waals surface area contributed by atoms with Crippen LogP contribution in [0.3, 0.4) is 0 Å². The van der Waals surface area contributed by atoms with Gasteiger partial charge in [0, 0.05) is 16.5 Å². The monoisotopic (exact) mass is 309 g/mol. The van der Waals surface area contributed by atoms with Crippen LogP contribution in [-0.4, -0.2) is 11.6 Å². The van der Waals surface area contributed by atoms with Gasteiger partial charge in [-0.2, -0.15) is 0 Å². The van der Waals surface area contributed by atoms with Gasteiger partial charge in [0.05, 0.1) is 0 Å². The first-order chi connectivity index (χ1) is 10.7. The molecule has 2 heteroatoms. The normalized spacial score (nSPS) is 31.4. The molecular formula is C20H23NS. The Morgan fingerprint density at radius 1 is 1.23 bits per heavy atom. The average Bonchev–Trinajstić information content (AvgIpc) is 3.14. The minimum absolute atomic E-state index is 0.362. The van der Waals surface area contributed by atoms with Crippen LogP contribution in [0.4, 0.5) is 0 Å². The third-order valence-electron chi connectivity index (χ3n) is 5.17. The molecule has 0 aliphatic carbocycles. The first-order valence-electron chi connectivity index (χ1n) is 8.31. The molecule has 0 radical (unpaired) electrons. The quantitative estimate of drug-likeness (QED) is 0.831. The van der Waals surface area contributed by atoms with Gasteiger partial charge in [-0.15, -0.1) is 11.3 Å². The van der Waals surface area contributed by atoms with E-state index >= 15 is 0 Å². The maximum Gasteiger partial charge on any atom is 0.0345 e. The molecule has 2 saturated heterocycles. The standard InChI is InChI=1S/C20H23NS/c1-20-10-9-17(21-20)12-15(14-20)13-18(19-8-5-11-22-19)16-6-3-2-4-7-16/h2-8,11,13,15,17,21H,9-10,12,14H2,1H3. The summed E-state index contributed by atoms with van der Waals surface area (Å²) in [6, 6.07) is 16.0. The Morgan fingerprint density at radius 2 is 2.09 bits per heavy atom. The molecule has 2 aromatic rings. The van der Waals surface area contributed by atoms with E-state index < -0.39 is 0 Å². The van der Waals surface area contributed by atoms with Gasteiger partial charge in [0.15, 0.2) is 0 Å². The summed E-state index contributed by atoms with van der Waals surface area (Å²) in [4.78, 5) is 1.39. The van der Waals surface area contributed by atoms with Crippen LogP contribution in [0.1, 0.15) is 43.0 Å². The van der Waals surface area contributed by atoms with Crippen LogP contribution in [0.15, 0.2) is 53.9 Å². The lowest BCUT2D eigenvalue weighted by Gasteiger charge is -2.35. The number of piperidine rings is 1. The molecule has 22 heavy (non-hydrogen) atoms. The van der Waals surface area contributed by atoms with Gasteiger partial charge in [-0.1, -0.05) is 42.5 Å². The summed E-state index contributed by atoms with van der Waals surface area (Å²) in [5.74, 6) is 0.691. The highest BCUT2D eigenvalue weighted by atomic mass is 32.1. The zero-order valence-electron chi connectivity index (χ0n) is 13.1. The highest BCUT2D eigenvalue weighted by Gasteiger charge is 2.41. The maximum atomic E-state index is 3.82. The van der Waals surface area contributed by atoms with E-state index in [-0.39, 0.29) is 0 Å². The van der Waals surface area contributed by atoms with Crippen LogP contribution < -0.4 is 5.32 Å². The Morgan fingerprint density at radius 3 is 2.82 bits per heavy atom. The smallest absolute Gasteiger partial charge is 0.0345 e. The molecule has 2 aliphatic rings. The summed E-state index contributed by atoms with van der Waals surface area (Å²) < 4.78 is 0. The number of fused-ring (bicyclic) bond motifs is 2. The average molecular weight is 309 g/mol. The molecule has 1 aromatic carbocycles. The molecule has 2 aliphatic heterocycles. The van der Waals surface area contributed by atoms with Gasteiger partial charge in [0.25, 0.3) is 0 Å². The summed E-state index contributed by atoms with van der Waals surface area (Å²) >= 11 is 1.85. The molecule has 1 aromatic heterocycles.